The van der Waals surface area contributed by atoms with Crippen LogP contribution in [0.5, 0.6) is 5.75 Å². The lowest BCUT2D eigenvalue weighted by molar-refractivity contribution is -0.384. The molecule has 0 atom stereocenters. The number of alkyl halides is 1. The zero-order valence-electron chi connectivity index (χ0n) is 11.5. The maximum Gasteiger partial charge on any atom is 0.270 e. The van der Waals surface area contributed by atoms with E-state index in [1.54, 1.807) is 6.07 Å². The van der Waals surface area contributed by atoms with E-state index >= 15 is 0 Å². The largest absolute Gasteiger partial charge is 0.493 e. The van der Waals surface area contributed by atoms with Gasteiger partial charge in [0.25, 0.3) is 5.69 Å². The number of nitro benzene ring substituents is 1. The standard InChI is InChI=1S/C16H16ClNO3/c17-12-14-11-15(18(19)20)8-9-16(14)21-10-4-7-13-5-2-1-3-6-13/h1-3,5-6,8-9,11H,4,7,10,12H2. The van der Waals surface area contributed by atoms with Gasteiger partial charge in [0, 0.05) is 17.7 Å². The molecule has 0 aromatic heterocycles. The summed E-state index contributed by atoms with van der Waals surface area (Å²) in [4.78, 5) is 10.3. The Labute approximate surface area is 128 Å². The minimum atomic E-state index is -0.435. The molecule has 0 saturated carbocycles. The van der Waals surface area contributed by atoms with Crippen LogP contribution in [-0.2, 0) is 12.3 Å². The van der Waals surface area contributed by atoms with Crippen molar-refractivity contribution in [2.75, 3.05) is 6.61 Å². The number of hydrogen-bond acceptors (Lipinski definition) is 3. The van der Waals surface area contributed by atoms with Crippen LogP contribution in [-0.4, -0.2) is 11.5 Å². The van der Waals surface area contributed by atoms with Crippen molar-refractivity contribution >= 4 is 17.3 Å². The van der Waals surface area contributed by atoms with Gasteiger partial charge in [-0.2, -0.15) is 0 Å². The zero-order valence-corrected chi connectivity index (χ0v) is 12.3. The lowest BCUT2D eigenvalue weighted by Gasteiger charge is -2.09. The summed E-state index contributed by atoms with van der Waals surface area (Å²) in [6.07, 6.45) is 1.81. The van der Waals surface area contributed by atoms with Crippen LogP contribution < -0.4 is 4.74 Å². The Kier molecular flexibility index (Phi) is 5.58. The molecule has 110 valence electrons. The molecule has 0 aliphatic heterocycles. The first-order valence-corrected chi connectivity index (χ1v) is 7.24. The molecule has 0 unspecified atom stereocenters. The molecule has 5 heteroatoms. The molecule has 0 aliphatic rings. The summed E-state index contributed by atoms with van der Waals surface area (Å²) in [6.45, 7) is 0.552. The summed E-state index contributed by atoms with van der Waals surface area (Å²) >= 11 is 5.81. The molecular weight excluding hydrogens is 290 g/mol. The molecule has 2 rings (SSSR count). The number of benzene rings is 2. The summed E-state index contributed by atoms with van der Waals surface area (Å²) in [5, 5.41) is 10.7. The summed E-state index contributed by atoms with van der Waals surface area (Å²) in [7, 11) is 0. The molecule has 0 heterocycles. The third kappa shape index (κ3) is 4.46. The van der Waals surface area contributed by atoms with Gasteiger partial charge in [-0.3, -0.25) is 10.1 Å². The third-order valence-corrected chi connectivity index (χ3v) is 3.40. The Bertz CT molecular complexity index is 602. The van der Waals surface area contributed by atoms with Crippen molar-refractivity contribution in [3.05, 3.63) is 69.8 Å². The Morgan fingerprint density at radius 3 is 2.57 bits per heavy atom. The monoisotopic (exact) mass is 305 g/mol. The van der Waals surface area contributed by atoms with Gasteiger partial charge in [0.2, 0.25) is 0 Å². The smallest absolute Gasteiger partial charge is 0.270 e. The van der Waals surface area contributed by atoms with Gasteiger partial charge in [-0.1, -0.05) is 30.3 Å². The molecule has 21 heavy (non-hydrogen) atoms. The number of nitrogens with zero attached hydrogens (tertiary/aromatic N) is 1. The zero-order chi connectivity index (χ0) is 15.1. The van der Waals surface area contributed by atoms with Crippen molar-refractivity contribution in [1.29, 1.82) is 0 Å². The molecule has 2 aromatic carbocycles. The Morgan fingerprint density at radius 2 is 1.90 bits per heavy atom. The Morgan fingerprint density at radius 1 is 1.14 bits per heavy atom. The molecule has 0 aliphatic carbocycles. The molecular formula is C16H16ClNO3. The first kappa shape index (κ1) is 15.3. The fourth-order valence-corrected chi connectivity index (χ4v) is 2.24. The third-order valence-electron chi connectivity index (χ3n) is 3.11. The van der Waals surface area contributed by atoms with Gasteiger partial charge in [0.1, 0.15) is 5.75 Å². The number of hydrogen-bond donors (Lipinski definition) is 0. The van der Waals surface area contributed by atoms with Crippen LogP contribution in [0.3, 0.4) is 0 Å². The highest BCUT2D eigenvalue weighted by Gasteiger charge is 2.11. The van der Waals surface area contributed by atoms with Crippen LogP contribution in [0.2, 0.25) is 0 Å². The van der Waals surface area contributed by atoms with Crippen molar-refractivity contribution in [2.45, 2.75) is 18.7 Å². The molecule has 4 nitrogen and oxygen atoms in total. The summed E-state index contributed by atoms with van der Waals surface area (Å²) < 4.78 is 5.68. The average Bonchev–Trinajstić information content (AvgIpc) is 2.52. The molecule has 0 radical (unpaired) electrons. The van der Waals surface area contributed by atoms with E-state index in [1.807, 2.05) is 18.2 Å². The molecule has 0 N–H and O–H groups in total. The minimum absolute atomic E-state index is 0.0299. The molecule has 0 amide bonds. The second kappa shape index (κ2) is 7.64. The highest BCUT2D eigenvalue weighted by atomic mass is 35.5. The van der Waals surface area contributed by atoms with Gasteiger partial charge in [-0.15, -0.1) is 11.6 Å². The number of nitro groups is 1. The van der Waals surface area contributed by atoms with Crippen molar-refractivity contribution in [3.8, 4) is 5.75 Å². The highest BCUT2D eigenvalue weighted by Crippen LogP contribution is 2.25. The number of non-ortho nitro benzene ring substituents is 1. The lowest BCUT2D eigenvalue weighted by atomic mass is 10.1. The van der Waals surface area contributed by atoms with Crippen LogP contribution in [0.4, 0.5) is 5.69 Å². The van der Waals surface area contributed by atoms with Gasteiger partial charge < -0.3 is 4.74 Å². The van der Waals surface area contributed by atoms with E-state index in [2.05, 4.69) is 12.1 Å². The van der Waals surface area contributed by atoms with E-state index in [4.69, 9.17) is 16.3 Å². The molecule has 2 aromatic rings. The molecule has 0 saturated heterocycles. The predicted octanol–water partition coefficient (Wildman–Crippen LogP) is 4.35. The van der Waals surface area contributed by atoms with E-state index < -0.39 is 4.92 Å². The minimum Gasteiger partial charge on any atom is -0.493 e. The molecule has 0 bridgehead atoms. The number of aryl methyl sites for hydroxylation is 1. The van der Waals surface area contributed by atoms with Gasteiger partial charge >= 0.3 is 0 Å². The molecule has 0 spiro atoms. The predicted molar refractivity (Wildman–Crippen MR) is 82.9 cm³/mol. The fraction of sp³-hybridized carbons (Fsp3) is 0.250. The van der Waals surface area contributed by atoms with Crippen molar-refractivity contribution in [2.24, 2.45) is 0 Å². The topological polar surface area (TPSA) is 52.4 Å². The van der Waals surface area contributed by atoms with E-state index in [-0.39, 0.29) is 11.6 Å². The lowest BCUT2D eigenvalue weighted by Crippen LogP contribution is -2.02. The van der Waals surface area contributed by atoms with Crippen LogP contribution in [0, 0.1) is 10.1 Å². The van der Waals surface area contributed by atoms with Crippen LogP contribution in [0.15, 0.2) is 48.5 Å². The maximum atomic E-state index is 10.7. The first-order valence-electron chi connectivity index (χ1n) is 6.70. The summed E-state index contributed by atoms with van der Waals surface area (Å²) in [5.41, 5.74) is 1.94. The highest BCUT2D eigenvalue weighted by molar-refractivity contribution is 6.17. The van der Waals surface area contributed by atoms with E-state index in [9.17, 15) is 10.1 Å². The van der Waals surface area contributed by atoms with Crippen LogP contribution in [0.1, 0.15) is 17.5 Å². The van der Waals surface area contributed by atoms with Crippen LogP contribution in [0.25, 0.3) is 0 Å². The Balaban J connectivity index is 1.89. The van der Waals surface area contributed by atoms with Crippen molar-refractivity contribution < 1.29 is 9.66 Å². The maximum absolute atomic E-state index is 10.7. The van der Waals surface area contributed by atoms with Gasteiger partial charge in [-0.25, -0.2) is 0 Å². The normalized spacial score (nSPS) is 10.3. The van der Waals surface area contributed by atoms with Gasteiger partial charge in [0.15, 0.2) is 0 Å². The van der Waals surface area contributed by atoms with E-state index in [0.29, 0.717) is 17.9 Å². The number of rotatable bonds is 7. The molecule has 0 fully saturated rings. The first-order chi connectivity index (χ1) is 10.2. The quantitative estimate of drug-likeness (QED) is 0.331. The Hall–Kier alpha value is -2.07. The van der Waals surface area contributed by atoms with E-state index in [0.717, 1.165) is 12.8 Å². The summed E-state index contributed by atoms with van der Waals surface area (Å²) in [6, 6.07) is 14.7. The summed E-state index contributed by atoms with van der Waals surface area (Å²) in [5.74, 6) is 0.805. The van der Waals surface area contributed by atoms with Gasteiger partial charge in [-0.05, 0) is 24.5 Å². The van der Waals surface area contributed by atoms with Gasteiger partial charge in [0.05, 0.1) is 17.4 Å². The second-order valence-corrected chi connectivity index (χ2v) is 4.89. The van der Waals surface area contributed by atoms with Crippen LogP contribution >= 0.6 is 11.6 Å². The average molecular weight is 306 g/mol. The fourth-order valence-electron chi connectivity index (χ4n) is 2.03. The van der Waals surface area contributed by atoms with Crippen molar-refractivity contribution in [3.63, 3.8) is 0 Å². The number of halogens is 1. The number of ether oxygens (including phenoxy) is 1. The van der Waals surface area contributed by atoms with Crippen molar-refractivity contribution in [1.82, 2.24) is 0 Å². The second-order valence-electron chi connectivity index (χ2n) is 4.62. The SMILES string of the molecule is O=[N+]([O-])c1ccc(OCCCc2ccccc2)c(CCl)c1. The van der Waals surface area contributed by atoms with E-state index in [1.165, 1.54) is 17.7 Å².